The molecule has 0 aliphatic rings. The number of hydrogen-bond donors (Lipinski definition) is 1. The van der Waals surface area contributed by atoms with E-state index in [1.165, 1.54) is 0 Å². The first kappa shape index (κ1) is 19.3. The fraction of sp³-hybridized carbons (Fsp3) is 0.857. The van der Waals surface area contributed by atoms with Crippen LogP contribution in [0.4, 0.5) is 0 Å². The molecule has 0 heterocycles. The van der Waals surface area contributed by atoms with Crippen LogP contribution in [0.3, 0.4) is 0 Å². The molecule has 0 atom stereocenters. The van der Waals surface area contributed by atoms with Gasteiger partial charge in [-0.3, -0.25) is 9.59 Å². The van der Waals surface area contributed by atoms with Crippen molar-refractivity contribution in [3.05, 3.63) is 0 Å². The van der Waals surface area contributed by atoms with Crippen molar-refractivity contribution >= 4 is 11.9 Å². The number of hydrogen-bond acceptors (Lipinski definition) is 3. The van der Waals surface area contributed by atoms with E-state index in [9.17, 15) is 4.79 Å². The van der Waals surface area contributed by atoms with Gasteiger partial charge >= 0.3 is 5.97 Å². The molecule has 0 amide bonds. The standard InChI is InChI=1S/C12H24O2.C2H4O2/c1-10(2)6-5-7-12(13)14-9-8-11(3)4;1-2(3)4/h10-11H,5-9H2,1-4H3;1H3,(H,3,4). The summed E-state index contributed by atoms with van der Waals surface area (Å²) in [5, 5.41) is 7.42. The maximum absolute atomic E-state index is 11.2. The van der Waals surface area contributed by atoms with Crippen molar-refractivity contribution in [2.45, 2.75) is 60.3 Å². The van der Waals surface area contributed by atoms with E-state index in [2.05, 4.69) is 27.7 Å². The second-order valence-electron chi connectivity index (χ2n) is 5.21. The van der Waals surface area contributed by atoms with E-state index in [1.54, 1.807) is 0 Å². The van der Waals surface area contributed by atoms with E-state index in [0.717, 1.165) is 26.2 Å². The van der Waals surface area contributed by atoms with Crippen LogP contribution in [0.1, 0.15) is 60.3 Å². The van der Waals surface area contributed by atoms with Crippen molar-refractivity contribution < 1.29 is 19.4 Å². The SMILES string of the molecule is CC(=O)O.CC(C)CCCC(=O)OCCC(C)C. The fourth-order valence-corrected chi connectivity index (χ4v) is 1.14. The summed E-state index contributed by atoms with van der Waals surface area (Å²) in [6, 6.07) is 0. The van der Waals surface area contributed by atoms with Crippen LogP contribution < -0.4 is 0 Å². The third kappa shape index (κ3) is 24.3. The zero-order valence-electron chi connectivity index (χ0n) is 12.4. The number of esters is 1. The minimum absolute atomic E-state index is 0.0358. The lowest BCUT2D eigenvalue weighted by molar-refractivity contribution is -0.144. The van der Waals surface area contributed by atoms with E-state index in [4.69, 9.17) is 14.6 Å². The predicted molar refractivity (Wildman–Crippen MR) is 72.4 cm³/mol. The smallest absolute Gasteiger partial charge is 0.305 e. The van der Waals surface area contributed by atoms with Crippen LogP contribution in [-0.4, -0.2) is 23.7 Å². The average molecular weight is 260 g/mol. The number of ether oxygens (including phenoxy) is 1. The Kier molecular flexibility index (Phi) is 13.3. The van der Waals surface area contributed by atoms with Gasteiger partial charge in [0.2, 0.25) is 0 Å². The highest BCUT2D eigenvalue weighted by Crippen LogP contribution is 2.07. The van der Waals surface area contributed by atoms with Crippen LogP contribution in [0.5, 0.6) is 0 Å². The molecule has 0 fully saturated rings. The molecule has 18 heavy (non-hydrogen) atoms. The molecule has 1 N–H and O–H groups in total. The number of carbonyl (C=O) groups excluding carboxylic acids is 1. The third-order valence-corrected chi connectivity index (χ3v) is 2.12. The lowest BCUT2D eigenvalue weighted by atomic mass is 10.1. The van der Waals surface area contributed by atoms with Crippen molar-refractivity contribution in [1.29, 1.82) is 0 Å². The number of carboxylic acid groups (broad SMARTS) is 1. The van der Waals surface area contributed by atoms with Gasteiger partial charge in [0.15, 0.2) is 0 Å². The summed E-state index contributed by atoms with van der Waals surface area (Å²) >= 11 is 0. The number of rotatable bonds is 7. The summed E-state index contributed by atoms with van der Waals surface area (Å²) < 4.78 is 5.10. The van der Waals surface area contributed by atoms with Crippen molar-refractivity contribution in [1.82, 2.24) is 0 Å². The first-order valence-electron chi connectivity index (χ1n) is 6.60. The Balaban J connectivity index is 0. The topological polar surface area (TPSA) is 63.6 Å². The van der Waals surface area contributed by atoms with Gasteiger partial charge in [0.1, 0.15) is 0 Å². The Labute approximate surface area is 111 Å². The second kappa shape index (κ2) is 12.4. The molecule has 0 aromatic carbocycles. The van der Waals surface area contributed by atoms with Crippen LogP contribution in [0, 0.1) is 11.8 Å². The Morgan fingerprint density at radius 3 is 1.89 bits per heavy atom. The Bertz CT molecular complexity index is 202. The molecule has 0 bridgehead atoms. The molecule has 4 nitrogen and oxygen atoms in total. The second-order valence-corrected chi connectivity index (χ2v) is 5.21. The monoisotopic (exact) mass is 260 g/mol. The van der Waals surface area contributed by atoms with Gasteiger partial charge in [0, 0.05) is 13.3 Å². The Hall–Kier alpha value is -1.06. The Morgan fingerprint density at radius 2 is 1.50 bits per heavy atom. The molecule has 108 valence electrons. The first-order chi connectivity index (χ1) is 8.25. The molecule has 4 heteroatoms. The first-order valence-corrected chi connectivity index (χ1v) is 6.60. The summed E-state index contributed by atoms with van der Waals surface area (Å²) in [7, 11) is 0. The molecule has 0 rings (SSSR count). The van der Waals surface area contributed by atoms with Crippen molar-refractivity contribution in [3.8, 4) is 0 Å². The molecule has 0 aromatic heterocycles. The van der Waals surface area contributed by atoms with Gasteiger partial charge in [-0.15, -0.1) is 0 Å². The highest BCUT2D eigenvalue weighted by Gasteiger charge is 2.04. The fourth-order valence-electron chi connectivity index (χ4n) is 1.14. The van der Waals surface area contributed by atoms with Gasteiger partial charge in [-0.2, -0.15) is 0 Å². The van der Waals surface area contributed by atoms with E-state index < -0.39 is 5.97 Å². The normalized spacial score (nSPS) is 9.94. The number of carbonyl (C=O) groups is 2. The number of aliphatic carboxylic acids is 1. The van der Waals surface area contributed by atoms with E-state index in [-0.39, 0.29) is 5.97 Å². The summed E-state index contributed by atoms with van der Waals surface area (Å²) in [6.07, 6.45) is 3.61. The molecule has 0 unspecified atom stereocenters. The maximum Gasteiger partial charge on any atom is 0.305 e. The predicted octanol–water partition coefficient (Wildman–Crippen LogP) is 3.49. The number of carboxylic acids is 1. The summed E-state index contributed by atoms with van der Waals surface area (Å²) in [5.74, 6) is 0.420. The molecule has 0 saturated carbocycles. The van der Waals surface area contributed by atoms with E-state index in [0.29, 0.717) is 24.9 Å². The van der Waals surface area contributed by atoms with Crippen LogP contribution in [0.15, 0.2) is 0 Å². The van der Waals surface area contributed by atoms with Crippen LogP contribution in [0.25, 0.3) is 0 Å². The van der Waals surface area contributed by atoms with Crippen molar-refractivity contribution in [2.75, 3.05) is 6.61 Å². The van der Waals surface area contributed by atoms with Crippen molar-refractivity contribution in [2.24, 2.45) is 11.8 Å². The quantitative estimate of drug-likeness (QED) is 0.712. The zero-order chi connectivity index (χ0) is 14.6. The Morgan fingerprint density at radius 1 is 1.06 bits per heavy atom. The average Bonchev–Trinajstić information content (AvgIpc) is 2.15. The van der Waals surface area contributed by atoms with E-state index in [1.807, 2.05) is 0 Å². The molecule has 0 radical (unpaired) electrons. The van der Waals surface area contributed by atoms with Gasteiger partial charge in [-0.25, -0.2) is 0 Å². The largest absolute Gasteiger partial charge is 0.481 e. The lowest BCUT2D eigenvalue weighted by Gasteiger charge is -2.07. The summed E-state index contributed by atoms with van der Waals surface area (Å²) in [4.78, 5) is 20.2. The van der Waals surface area contributed by atoms with Gasteiger partial charge in [0.05, 0.1) is 6.61 Å². The van der Waals surface area contributed by atoms with Gasteiger partial charge < -0.3 is 9.84 Å². The summed E-state index contributed by atoms with van der Waals surface area (Å²) in [6.45, 7) is 10.3. The van der Waals surface area contributed by atoms with Gasteiger partial charge in [-0.1, -0.05) is 34.1 Å². The van der Waals surface area contributed by atoms with Crippen LogP contribution in [0.2, 0.25) is 0 Å². The van der Waals surface area contributed by atoms with Gasteiger partial charge in [0.25, 0.3) is 5.97 Å². The van der Waals surface area contributed by atoms with Gasteiger partial charge in [-0.05, 0) is 24.7 Å². The molecule has 0 spiro atoms. The van der Waals surface area contributed by atoms with Crippen LogP contribution in [-0.2, 0) is 14.3 Å². The molecular weight excluding hydrogens is 232 g/mol. The maximum atomic E-state index is 11.2. The van der Waals surface area contributed by atoms with Crippen molar-refractivity contribution in [3.63, 3.8) is 0 Å². The molecule has 0 aliphatic carbocycles. The molecule has 0 saturated heterocycles. The molecular formula is C14H28O4. The molecule has 0 aromatic rings. The minimum atomic E-state index is -0.833. The van der Waals surface area contributed by atoms with E-state index >= 15 is 0 Å². The zero-order valence-corrected chi connectivity index (χ0v) is 12.4. The highest BCUT2D eigenvalue weighted by molar-refractivity contribution is 5.69. The van der Waals surface area contributed by atoms with Crippen LogP contribution >= 0.6 is 0 Å². The highest BCUT2D eigenvalue weighted by atomic mass is 16.5. The summed E-state index contributed by atoms with van der Waals surface area (Å²) in [5.41, 5.74) is 0. The third-order valence-electron chi connectivity index (χ3n) is 2.12. The molecule has 0 aliphatic heterocycles. The minimum Gasteiger partial charge on any atom is -0.481 e. The lowest BCUT2D eigenvalue weighted by Crippen LogP contribution is -2.07.